The highest BCUT2D eigenvalue weighted by atomic mass is 14.2. The number of hydrogen-bond donors (Lipinski definition) is 0. The number of hydrogen-bond acceptors (Lipinski definition) is 0. The average Bonchev–Trinajstić information content (AvgIpc) is 2.55. The van der Waals surface area contributed by atoms with Crippen molar-refractivity contribution < 1.29 is 0 Å². The van der Waals surface area contributed by atoms with Gasteiger partial charge < -0.3 is 0 Å². The van der Waals surface area contributed by atoms with Gasteiger partial charge in [0.15, 0.2) is 0 Å². The standard InChI is InChI=1S/C20H18.C2H6/c1-12(2)16-9-6-15-7-10-17-13(3)4-5-14-8-11-18(16)20(15)19(14)17;1-2/h4-12H,1-3H3;1-2H3. The molecule has 0 aliphatic carbocycles. The normalized spacial score (nSPS) is 11.4. The van der Waals surface area contributed by atoms with Crippen LogP contribution in [0.25, 0.3) is 32.3 Å². The molecule has 0 N–H and O–H groups in total. The maximum Gasteiger partial charge on any atom is -0.00238 e. The molecular weight excluding hydrogens is 264 g/mol. The summed E-state index contributed by atoms with van der Waals surface area (Å²) in [6.07, 6.45) is 0. The monoisotopic (exact) mass is 288 g/mol. The minimum Gasteiger partial charge on any atom is -0.0683 e. The van der Waals surface area contributed by atoms with Gasteiger partial charge in [-0.2, -0.15) is 0 Å². The molecule has 0 saturated heterocycles. The van der Waals surface area contributed by atoms with E-state index in [-0.39, 0.29) is 0 Å². The van der Waals surface area contributed by atoms with Crippen molar-refractivity contribution in [3.05, 3.63) is 59.7 Å². The largest absolute Gasteiger partial charge is 0.0683 e. The second-order valence-electron chi connectivity index (χ2n) is 6.11. The van der Waals surface area contributed by atoms with E-state index >= 15 is 0 Å². The van der Waals surface area contributed by atoms with Crippen molar-refractivity contribution in [1.29, 1.82) is 0 Å². The fraction of sp³-hybridized carbons (Fsp3) is 0.273. The van der Waals surface area contributed by atoms with E-state index in [9.17, 15) is 0 Å². The molecular formula is C22H24. The van der Waals surface area contributed by atoms with Gasteiger partial charge in [0.1, 0.15) is 0 Å². The third kappa shape index (κ3) is 2.06. The average molecular weight is 288 g/mol. The molecule has 0 aliphatic rings. The first-order chi connectivity index (χ1) is 10.7. The minimum atomic E-state index is 0.556. The van der Waals surface area contributed by atoms with Crippen LogP contribution in [0.5, 0.6) is 0 Å². The van der Waals surface area contributed by atoms with Gasteiger partial charge in [0, 0.05) is 0 Å². The second kappa shape index (κ2) is 5.61. The molecule has 4 rings (SSSR count). The Kier molecular flexibility index (Phi) is 3.78. The Bertz CT molecular complexity index is 929. The molecule has 0 saturated carbocycles. The quantitative estimate of drug-likeness (QED) is 0.329. The molecule has 112 valence electrons. The smallest absolute Gasteiger partial charge is 0.00238 e. The highest BCUT2D eigenvalue weighted by molar-refractivity contribution is 6.24. The third-order valence-corrected chi connectivity index (χ3v) is 4.54. The van der Waals surface area contributed by atoms with Crippen LogP contribution in [0.15, 0.2) is 48.5 Å². The van der Waals surface area contributed by atoms with E-state index in [1.807, 2.05) is 13.8 Å². The predicted octanol–water partition coefficient (Wildman–Crippen LogP) is 7.04. The van der Waals surface area contributed by atoms with Gasteiger partial charge >= 0.3 is 0 Å². The van der Waals surface area contributed by atoms with Gasteiger partial charge in [0.25, 0.3) is 0 Å². The molecule has 0 bridgehead atoms. The van der Waals surface area contributed by atoms with E-state index in [1.54, 1.807) is 0 Å². The Hall–Kier alpha value is -2.08. The number of rotatable bonds is 1. The molecule has 4 aromatic rings. The van der Waals surface area contributed by atoms with Crippen molar-refractivity contribution >= 4 is 32.3 Å². The van der Waals surface area contributed by atoms with E-state index in [0.717, 1.165) is 0 Å². The molecule has 0 unspecified atom stereocenters. The van der Waals surface area contributed by atoms with Crippen LogP contribution in [0.2, 0.25) is 0 Å². The minimum absolute atomic E-state index is 0.556. The molecule has 0 heterocycles. The zero-order chi connectivity index (χ0) is 15.9. The molecule has 0 spiro atoms. The van der Waals surface area contributed by atoms with Crippen LogP contribution >= 0.6 is 0 Å². The van der Waals surface area contributed by atoms with E-state index in [2.05, 4.69) is 69.3 Å². The summed E-state index contributed by atoms with van der Waals surface area (Å²) in [5.41, 5.74) is 2.82. The lowest BCUT2D eigenvalue weighted by Gasteiger charge is -2.16. The van der Waals surface area contributed by atoms with Gasteiger partial charge in [-0.3, -0.25) is 0 Å². The molecule has 4 aromatic carbocycles. The molecule has 0 radical (unpaired) electrons. The Morgan fingerprint density at radius 2 is 1.14 bits per heavy atom. The molecule has 0 aromatic heterocycles. The fourth-order valence-electron chi connectivity index (χ4n) is 3.47. The Labute approximate surface area is 133 Å². The van der Waals surface area contributed by atoms with Crippen LogP contribution in [0.1, 0.15) is 44.7 Å². The van der Waals surface area contributed by atoms with Crippen molar-refractivity contribution in [3.63, 3.8) is 0 Å². The zero-order valence-electron chi connectivity index (χ0n) is 14.2. The van der Waals surface area contributed by atoms with Crippen LogP contribution < -0.4 is 0 Å². The molecule has 0 nitrogen and oxygen atoms in total. The first-order valence-electron chi connectivity index (χ1n) is 8.34. The van der Waals surface area contributed by atoms with Crippen molar-refractivity contribution in [1.82, 2.24) is 0 Å². The van der Waals surface area contributed by atoms with Crippen molar-refractivity contribution in [2.24, 2.45) is 0 Å². The SMILES string of the molecule is CC.Cc1ccc2ccc3c(C(C)C)ccc4ccc1c2c43. The van der Waals surface area contributed by atoms with Crippen LogP contribution in [-0.2, 0) is 0 Å². The van der Waals surface area contributed by atoms with Gasteiger partial charge in [0.2, 0.25) is 0 Å². The lowest BCUT2D eigenvalue weighted by Crippen LogP contribution is -1.92. The van der Waals surface area contributed by atoms with Gasteiger partial charge in [-0.05, 0) is 56.3 Å². The molecule has 22 heavy (non-hydrogen) atoms. The molecule has 0 fully saturated rings. The van der Waals surface area contributed by atoms with Crippen molar-refractivity contribution in [2.45, 2.75) is 40.5 Å². The van der Waals surface area contributed by atoms with Gasteiger partial charge in [-0.1, -0.05) is 76.2 Å². The van der Waals surface area contributed by atoms with E-state index in [0.29, 0.717) is 5.92 Å². The van der Waals surface area contributed by atoms with Crippen molar-refractivity contribution in [3.8, 4) is 0 Å². The third-order valence-electron chi connectivity index (χ3n) is 4.54. The summed E-state index contributed by atoms with van der Waals surface area (Å²) in [4.78, 5) is 0. The van der Waals surface area contributed by atoms with Crippen LogP contribution in [0.4, 0.5) is 0 Å². The maximum absolute atomic E-state index is 2.30. The highest BCUT2D eigenvalue weighted by Crippen LogP contribution is 2.38. The molecule has 0 heteroatoms. The Balaban J connectivity index is 0.000000693. The second-order valence-corrected chi connectivity index (χ2v) is 6.11. The molecule has 0 amide bonds. The van der Waals surface area contributed by atoms with Crippen molar-refractivity contribution in [2.75, 3.05) is 0 Å². The predicted molar refractivity (Wildman–Crippen MR) is 100 cm³/mol. The lowest BCUT2D eigenvalue weighted by molar-refractivity contribution is 0.877. The summed E-state index contributed by atoms with van der Waals surface area (Å²) in [7, 11) is 0. The summed E-state index contributed by atoms with van der Waals surface area (Å²) in [6, 6.07) is 18.2. The number of aryl methyl sites for hydroxylation is 1. The molecule has 0 atom stereocenters. The van der Waals surface area contributed by atoms with Crippen LogP contribution in [-0.4, -0.2) is 0 Å². The maximum atomic E-state index is 2.30. The topological polar surface area (TPSA) is 0 Å². The van der Waals surface area contributed by atoms with E-state index in [1.165, 1.54) is 43.4 Å². The Morgan fingerprint density at radius 3 is 1.77 bits per heavy atom. The summed E-state index contributed by atoms with van der Waals surface area (Å²) >= 11 is 0. The van der Waals surface area contributed by atoms with E-state index in [4.69, 9.17) is 0 Å². The van der Waals surface area contributed by atoms with Crippen LogP contribution in [0, 0.1) is 6.92 Å². The van der Waals surface area contributed by atoms with Crippen LogP contribution in [0.3, 0.4) is 0 Å². The summed E-state index contributed by atoms with van der Waals surface area (Å²) in [5.74, 6) is 0.556. The van der Waals surface area contributed by atoms with Gasteiger partial charge in [-0.25, -0.2) is 0 Å². The number of benzene rings is 4. The van der Waals surface area contributed by atoms with Gasteiger partial charge in [0.05, 0.1) is 0 Å². The first kappa shape index (κ1) is 14.8. The first-order valence-corrected chi connectivity index (χ1v) is 8.34. The summed E-state index contributed by atoms with van der Waals surface area (Å²) in [6.45, 7) is 10.8. The van der Waals surface area contributed by atoms with E-state index < -0.39 is 0 Å². The zero-order valence-corrected chi connectivity index (χ0v) is 14.2. The molecule has 0 aliphatic heterocycles. The lowest BCUT2D eigenvalue weighted by atomic mass is 9.88. The highest BCUT2D eigenvalue weighted by Gasteiger charge is 2.12. The fourth-order valence-corrected chi connectivity index (χ4v) is 3.47. The Morgan fingerprint density at radius 1 is 0.636 bits per heavy atom. The summed E-state index contributed by atoms with van der Waals surface area (Å²) in [5, 5.41) is 8.39. The summed E-state index contributed by atoms with van der Waals surface area (Å²) < 4.78 is 0. The van der Waals surface area contributed by atoms with Gasteiger partial charge in [-0.15, -0.1) is 0 Å².